The van der Waals surface area contributed by atoms with E-state index in [4.69, 9.17) is 13.0 Å². The quantitative estimate of drug-likeness (QED) is 0.456. The molecule has 4 heteroatoms. The van der Waals surface area contributed by atoms with Crippen LogP contribution >= 0.6 is 0 Å². The van der Waals surface area contributed by atoms with E-state index in [0.29, 0.717) is 0 Å². The topological polar surface area (TPSA) is 60.7 Å². The molecule has 1 fully saturated rings. The van der Waals surface area contributed by atoms with Crippen LogP contribution in [-0.4, -0.2) is 42.0 Å². The molecule has 0 heterocycles. The average molecular weight is 170 g/mol. The Morgan fingerprint density at radius 2 is 1.92 bits per heavy atom. The summed E-state index contributed by atoms with van der Waals surface area (Å²) in [7, 11) is 5.64. The second kappa shape index (κ2) is 3.02. The average Bonchev–Trinajstić information content (AvgIpc) is 2.22. The van der Waals surface area contributed by atoms with Crippen molar-refractivity contribution in [1.82, 2.24) is 0 Å². The van der Waals surface area contributed by atoms with Gasteiger partial charge in [0.15, 0.2) is 0 Å². The normalized spacial score (nSPS) is 54.4. The number of aliphatic hydroxyl groups is 3. The molecule has 0 bridgehead atoms. The maximum atomic E-state index is 9.57. The summed E-state index contributed by atoms with van der Waals surface area (Å²) in [5, 5.41) is 28.1. The van der Waals surface area contributed by atoms with Gasteiger partial charge in [0, 0.05) is 5.41 Å². The Morgan fingerprint density at radius 3 is 2.08 bits per heavy atom. The summed E-state index contributed by atoms with van der Waals surface area (Å²) in [4.78, 5) is 0. The van der Waals surface area contributed by atoms with Gasteiger partial charge in [-0.15, -0.1) is 0 Å². The van der Waals surface area contributed by atoms with E-state index in [1.807, 2.05) is 6.92 Å². The number of rotatable bonds is 1. The van der Waals surface area contributed by atoms with E-state index in [-0.39, 0.29) is 12.5 Å². The van der Waals surface area contributed by atoms with Gasteiger partial charge < -0.3 is 15.3 Å². The van der Waals surface area contributed by atoms with Gasteiger partial charge in [-0.1, -0.05) is 13.8 Å². The van der Waals surface area contributed by atoms with Crippen LogP contribution in [0.5, 0.6) is 0 Å². The van der Waals surface area contributed by atoms with Gasteiger partial charge in [0.2, 0.25) is 0 Å². The van der Waals surface area contributed by atoms with Crippen LogP contribution < -0.4 is 0 Å². The number of hydrogen-bond donors (Lipinski definition) is 3. The Kier molecular flexibility index (Phi) is 2.52. The van der Waals surface area contributed by atoms with Crippen molar-refractivity contribution in [3.05, 3.63) is 0 Å². The molecule has 12 heavy (non-hydrogen) atoms. The van der Waals surface area contributed by atoms with E-state index in [9.17, 15) is 10.2 Å². The Morgan fingerprint density at radius 1 is 1.42 bits per heavy atom. The van der Waals surface area contributed by atoms with Crippen molar-refractivity contribution in [1.29, 1.82) is 0 Å². The molecule has 0 unspecified atom stereocenters. The highest BCUT2D eigenvalue weighted by molar-refractivity contribution is 6.12. The second-order valence-corrected chi connectivity index (χ2v) is 3.97. The maximum absolute atomic E-state index is 9.57. The van der Waals surface area contributed by atoms with Crippen molar-refractivity contribution in [3.63, 3.8) is 0 Å². The van der Waals surface area contributed by atoms with Crippen LogP contribution in [0.3, 0.4) is 0 Å². The van der Waals surface area contributed by atoms with Gasteiger partial charge in [0.25, 0.3) is 0 Å². The lowest BCUT2D eigenvalue weighted by molar-refractivity contribution is -0.0453. The van der Waals surface area contributed by atoms with Gasteiger partial charge in [-0.25, -0.2) is 0 Å². The monoisotopic (exact) mass is 170 g/mol. The Balaban J connectivity index is 2.90. The first-order valence-electron chi connectivity index (χ1n) is 4.17. The highest BCUT2D eigenvalue weighted by Gasteiger charge is 2.52. The van der Waals surface area contributed by atoms with E-state index in [1.54, 1.807) is 6.92 Å². The molecular weight excluding hydrogens is 155 g/mol. The molecule has 0 aromatic carbocycles. The molecule has 1 saturated carbocycles. The molecule has 0 spiro atoms. The molecule has 68 valence electrons. The highest BCUT2D eigenvalue weighted by Crippen LogP contribution is 2.48. The van der Waals surface area contributed by atoms with Gasteiger partial charge in [0.1, 0.15) is 0 Å². The van der Waals surface area contributed by atoms with Gasteiger partial charge in [0.05, 0.1) is 26.7 Å². The van der Waals surface area contributed by atoms with Crippen molar-refractivity contribution >= 4 is 7.85 Å². The van der Waals surface area contributed by atoms with E-state index in [1.165, 1.54) is 0 Å². The minimum atomic E-state index is -0.924. The molecule has 1 aliphatic rings. The first kappa shape index (κ1) is 10.0. The standard InChI is InChI=1S/C8H15BO3/c1-4-5(9)6(11)7(12)8(4,2)3-10/h4-7,10-12H,3H2,1-2H3/t4-,5-,6+,7+,8-/m1/s1. The molecule has 1 rings (SSSR count). The summed E-state index contributed by atoms with van der Waals surface area (Å²) >= 11 is 0. The summed E-state index contributed by atoms with van der Waals surface area (Å²) < 4.78 is 0. The zero-order chi connectivity index (χ0) is 9.52. The molecule has 0 amide bonds. The minimum Gasteiger partial charge on any atom is -0.396 e. The Hall–Kier alpha value is -0.0551. The van der Waals surface area contributed by atoms with E-state index in [0.717, 1.165) is 0 Å². The lowest BCUT2D eigenvalue weighted by Crippen LogP contribution is -2.38. The molecule has 2 radical (unpaired) electrons. The molecule has 0 aromatic rings. The fourth-order valence-electron chi connectivity index (χ4n) is 1.84. The fourth-order valence-corrected chi connectivity index (χ4v) is 1.84. The van der Waals surface area contributed by atoms with Crippen molar-refractivity contribution in [3.8, 4) is 0 Å². The zero-order valence-corrected chi connectivity index (χ0v) is 7.44. The van der Waals surface area contributed by atoms with E-state index >= 15 is 0 Å². The van der Waals surface area contributed by atoms with Crippen LogP contribution in [-0.2, 0) is 0 Å². The second-order valence-electron chi connectivity index (χ2n) is 3.97. The first-order valence-corrected chi connectivity index (χ1v) is 4.17. The third kappa shape index (κ3) is 1.10. The maximum Gasteiger partial charge on any atom is 0.0872 e. The lowest BCUT2D eigenvalue weighted by Gasteiger charge is -2.30. The first-order chi connectivity index (χ1) is 5.45. The predicted molar refractivity (Wildman–Crippen MR) is 45.9 cm³/mol. The van der Waals surface area contributed by atoms with Crippen LogP contribution in [0.15, 0.2) is 0 Å². The van der Waals surface area contributed by atoms with Gasteiger partial charge in [-0.05, 0) is 11.7 Å². The van der Waals surface area contributed by atoms with E-state index < -0.39 is 23.4 Å². The zero-order valence-electron chi connectivity index (χ0n) is 7.44. The smallest absolute Gasteiger partial charge is 0.0872 e. The molecule has 0 aliphatic heterocycles. The van der Waals surface area contributed by atoms with Crippen molar-refractivity contribution in [2.45, 2.75) is 31.9 Å². The molecule has 0 aromatic heterocycles. The van der Waals surface area contributed by atoms with Crippen LogP contribution in [0.25, 0.3) is 0 Å². The summed E-state index contributed by atoms with van der Waals surface area (Å²) in [6.45, 7) is 3.42. The summed E-state index contributed by atoms with van der Waals surface area (Å²) in [6.07, 6.45) is -1.84. The van der Waals surface area contributed by atoms with Gasteiger partial charge >= 0.3 is 0 Å². The SMILES string of the molecule is [B][C@H]1[C@H](O)[C@H](O)[C@](C)(CO)[C@@H]1C. The summed E-state index contributed by atoms with van der Waals surface area (Å²) in [6, 6.07) is 0. The van der Waals surface area contributed by atoms with Crippen LogP contribution in [0.4, 0.5) is 0 Å². The molecule has 0 saturated heterocycles. The Labute approximate surface area is 73.8 Å². The lowest BCUT2D eigenvalue weighted by atomic mass is 9.71. The summed E-state index contributed by atoms with van der Waals surface area (Å²) in [5.74, 6) is -0.523. The fraction of sp³-hybridized carbons (Fsp3) is 1.00. The molecule has 5 atom stereocenters. The van der Waals surface area contributed by atoms with E-state index in [2.05, 4.69) is 0 Å². The number of aliphatic hydroxyl groups excluding tert-OH is 3. The summed E-state index contributed by atoms with van der Waals surface area (Å²) in [5.41, 5.74) is -0.668. The van der Waals surface area contributed by atoms with Crippen LogP contribution in [0, 0.1) is 11.3 Å². The highest BCUT2D eigenvalue weighted by atomic mass is 16.3. The molecule has 3 N–H and O–H groups in total. The molecular formula is C8H15BO3. The Bertz CT molecular complexity index is 160. The van der Waals surface area contributed by atoms with Crippen molar-refractivity contribution in [2.24, 2.45) is 11.3 Å². The number of hydrogen-bond acceptors (Lipinski definition) is 3. The predicted octanol–water partition coefficient (Wildman–Crippen LogP) is -0.687. The largest absolute Gasteiger partial charge is 0.396 e. The van der Waals surface area contributed by atoms with Crippen molar-refractivity contribution in [2.75, 3.05) is 6.61 Å². The van der Waals surface area contributed by atoms with Crippen LogP contribution in [0.2, 0.25) is 5.82 Å². The minimum absolute atomic E-state index is 0.0764. The molecule has 1 aliphatic carbocycles. The van der Waals surface area contributed by atoms with Crippen molar-refractivity contribution < 1.29 is 15.3 Å². The van der Waals surface area contributed by atoms with Gasteiger partial charge in [-0.3, -0.25) is 0 Å². The van der Waals surface area contributed by atoms with Crippen LogP contribution in [0.1, 0.15) is 13.8 Å². The molecule has 3 nitrogen and oxygen atoms in total. The third-order valence-electron chi connectivity index (χ3n) is 3.35. The van der Waals surface area contributed by atoms with Gasteiger partial charge in [-0.2, -0.15) is 0 Å². The third-order valence-corrected chi connectivity index (χ3v) is 3.35.